The highest BCUT2D eigenvalue weighted by atomic mass is 35.7. The molecule has 0 radical (unpaired) electrons. The van der Waals surface area contributed by atoms with Crippen LogP contribution < -0.4 is 0 Å². The number of halogens is 1. The maximum absolute atomic E-state index is 8.95. The number of hydrogen-bond donors (Lipinski definition) is 1. The molecule has 1 aromatic carbocycles. The highest BCUT2D eigenvalue weighted by Crippen LogP contribution is 1.96. The minimum atomic E-state index is -4.19. The lowest BCUT2D eigenvalue weighted by molar-refractivity contribution is 0.501. The molecule has 0 heterocycles. The van der Waals surface area contributed by atoms with Gasteiger partial charge in [-0.1, -0.05) is 30.3 Å². The summed E-state index contributed by atoms with van der Waals surface area (Å²) in [5.41, 5.74) is 1.08. The van der Waals surface area contributed by atoms with E-state index in [1.54, 1.807) is 0 Å². The van der Waals surface area contributed by atoms with Gasteiger partial charge in [0.2, 0.25) is 0 Å². The summed E-state index contributed by atoms with van der Waals surface area (Å²) in [6.45, 7) is 0. The van der Waals surface area contributed by atoms with Gasteiger partial charge in [-0.3, -0.25) is 4.55 Å². The third-order valence-corrected chi connectivity index (χ3v) is 1.13. The Bertz CT molecular complexity index is 388. The molecule has 0 aromatic heterocycles. The Morgan fingerprint density at radius 2 is 1.79 bits per heavy atom. The zero-order valence-corrected chi connectivity index (χ0v) is 8.66. The van der Waals surface area contributed by atoms with Gasteiger partial charge in [0.05, 0.1) is 12.5 Å². The molecule has 0 aliphatic carbocycles. The first-order valence-electron chi connectivity index (χ1n) is 3.51. The molecule has 0 amide bonds. The van der Waals surface area contributed by atoms with Crippen molar-refractivity contribution in [2.24, 2.45) is 0 Å². The average Bonchev–Trinajstić information content (AvgIpc) is 2.03. The summed E-state index contributed by atoms with van der Waals surface area (Å²) in [7, 11) is -0.137. The molecule has 0 aliphatic heterocycles. The first kappa shape index (κ1) is 12.9. The van der Waals surface area contributed by atoms with E-state index in [0.29, 0.717) is 6.42 Å². The molecule has 76 valence electrons. The van der Waals surface area contributed by atoms with Crippen molar-refractivity contribution in [2.45, 2.75) is 6.42 Å². The van der Waals surface area contributed by atoms with Crippen molar-refractivity contribution in [3.63, 3.8) is 0 Å². The van der Waals surface area contributed by atoms with Crippen LogP contribution in [0, 0.1) is 11.3 Å². The van der Waals surface area contributed by atoms with Crippen LogP contribution in [0.5, 0.6) is 0 Å². The summed E-state index contributed by atoms with van der Waals surface area (Å²) in [6, 6.07) is 11.8. The predicted molar refractivity (Wildman–Crippen MR) is 53.2 cm³/mol. The minimum Gasteiger partial charge on any atom is -0.273 e. The Labute approximate surface area is 87.0 Å². The van der Waals surface area contributed by atoms with Gasteiger partial charge in [0.1, 0.15) is 0 Å². The van der Waals surface area contributed by atoms with Crippen molar-refractivity contribution < 1.29 is 13.0 Å². The summed E-state index contributed by atoms with van der Waals surface area (Å²) in [5, 5.41) is 8.27. The van der Waals surface area contributed by atoms with Crippen LogP contribution in [0.3, 0.4) is 0 Å². The van der Waals surface area contributed by atoms with E-state index in [0.717, 1.165) is 5.56 Å². The van der Waals surface area contributed by atoms with E-state index in [1.807, 2.05) is 30.3 Å². The van der Waals surface area contributed by atoms with Gasteiger partial charge in [-0.15, -0.1) is 0 Å². The number of nitriles is 1. The smallest absolute Gasteiger partial charge is 0.273 e. The molecule has 0 fully saturated rings. The highest BCUT2D eigenvalue weighted by molar-refractivity contribution is 8.09. The Kier molecular flexibility index (Phi) is 5.88. The number of benzene rings is 1. The topological polar surface area (TPSA) is 78.2 Å². The first-order valence-corrected chi connectivity index (χ1v) is 5.78. The van der Waals surface area contributed by atoms with Gasteiger partial charge in [0.15, 0.2) is 0 Å². The van der Waals surface area contributed by atoms with E-state index >= 15 is 0 Å². The minimum absolute atomic E-state index is 0.515. The van der Waals surface area contributed by atoms with Gasteiger partial charge in [0, 0.05) is 10.7 Å². The summed E-state index contributed by atoms with van der Waals surface area (Å²) >= 11 is 0. The Hall–Kier alpha value is -1.09. The second kappa shape index (κ2) is 6.38. The van der Waals surface area contributed by atoms with Crippen molar-refractivity contribution in [1.82, 2.24) is 0 Å². The first-order chi connectivity index (χ1) is 6.43. The maximum Gasteiger partial charge on any atom is 0.353 e. The second-order valence-corrected chi connectivity index (χ2v) is 4.23. The van der Waals surface area contributed by atoms with Crippen LogP contribution >= 0.6 is 10.7 Å². The summed E-state index contributed by atoms with van der Waals surface area (Å²) in [5.74, 6) is 0. The molecule has 0 bridgehead atoms. The largest absolute Gasteiger partial charge is 0.353 e. The van der Waals surface area contributed by atoms with Gasteiger partial charge in [0.25, 0.3) is 0 Å². The van der Waals surface area contributed by atoms with Crippen LogP contribution in [0.25, 0.3) is 0 Å². The molecule has 0 atom stereocenters. The lowest BCUT2D eigenvalue weighted by atomic mass is 10.2. The van der Waals surface area contributed by atoms with Crippen molar-refractivity contribution in [2.75, 3.05) is 0 Å². The van der Waals surface area contributed by atoms with E-state index in [9.17, 15) is 0 Å². The van der Waals surface area contributed by atoms with Gasteiger partial charge >= 0.3 is 9.33 Å². The molecule has 0 unspecified atom stereocenters. The van der Waals surface area contributed by atoms with Gasteiger partial charge in [-0.2, -0.15) is 13.7 Å². The Morgan fingerprint density at radius 1 is 1.36 bits per heavy atom. The predicted octanol–water partition coefficient (Wildman–Crippen LogP) is 1.78. The third kappa shape index (κ3) is 10.9. The fourth-order valence-corrected chi connectivity index (χ4v) is 0.687. The van der Waals surface area contributed by atoms with Crippen molar-refractivity contribution in [3.8, 4) is 6.07 Å². The highest BCUT2D eigenvalue weighted by Gasteiger charge is 1.86. The number of rotatable bonds is 1. The average molecular weight is 234 g/mol. The molecular formula is C8H8ClNO3S. The fourth-order valence-electron chi connectivity index (χ4n) is 0.687. The molecule has 0 spiro atoms. The molecule has 1 N–H and O–H groups in total. The zero-order chi connectivity index (χ0) is 11.0. The van der Waals surface area contributed by atoms with Gasteiger partial charge in [-0.25, -0.2) is 0 Å². The third-order valence-electron chi connectivity index (χ3n) is 1.13. The summed E-state index contributed by atoms with van der Waals surface area (Å²) < 4.78 is 25.2. The Morgan fingerprint density at radius 3 is 2.14 bits per heavy atom. The Balaban J connectivity index is 0.000000292. The monoisotopic (exact) mass is 233 g/mol. The van der Waals surface area contributed by atoms with Crippen LogP contribution in [0.15, 0.2) is 30.3 Å². The van der Waals surface area contributed by atoms with E-state index < -0.39 is 9.33 Å². The van der Waals surface area contributed by atoms with Gasteiger partial charge in [-0.05, 0) is 5.56 Å². The van der Waals surface area contributed by atoms with E-state index in [4.69, 9.17) is 18.2 Å². The fraction of sp³-hybridized carbons (Fsp3) is 0.125. The van der Waals surface area contributed by atoms with Crippen LogP contribution in [-0.4, -0.2) is 13.0 Å². The lowest BCUT2D eigenvalue weighted by Gasteiger charge is -1.88. The zero-order valence-electron chi connectivity index (χ0n) is 7.09. The molecule has 6 heteroatoms. The van der Waals surface area contributed by atoms with Crippen LogP contribution in [0.4, 0.5) is 0 Å². The quantitative estimate of drug-likeness (QED) is 0.592. The van der Waals surface area contributed by atoms with E-state index in [-0.39, 0.29) is 0 Å². The summed E-state index contributed by atoms with van der Waals surface area (Å²) in [6.07, 6.45) is 0.515. The number of hydrogen-bond acceptors (Lipinski definition) is 3. The second-order valence-electron chi connectivity index (χ2n) is 2.23. The van der Waals surface area contributed by atoms with Crippen LogP contribution in [0.2, 0.25) is 0 Å². The van der Waals surface area contributed by atoms with E-state index in [1.165, 1.54) is 0 Å². The molecule has 4 nitrogen and oxygen atoms in total. The molecule has 0 saturated heterocycles. The summed E-state index contributed by atoms with van der Waals surface area (Å²) in [4.78, 5) is 0. The normalized spacial score (nSPS) is 9.50. The maximum atomic E-state index is 8.95. The van der Waals surface area contributed by atoms with Crippen molar-refractivity contribution in [3.05, 3.63) is 35.9 Å². The van der Waals surface area contributed by atoms with E-state index in [2.05, 4.69) is 16.8 Å². The van der Waals surface area contributed by atoms with Crippen molar-refractivity contribution in [1.29, 1.82) is 5.26 Å². The standard InChI is InChI=1S/C8H7N.ClHO3S/c9-7-6-8-4-2-1-3-5-8;1-5(2,3)4/h1-5H,6H2;(H,2,3,4). The molecule has 14 heavy (non-hydrogen) atoms. The molecule has 0 aliphatic rings. The van der Waals surface area contributed by atoms with Crippen LogP contribution in [0.1, 0.15) is 5.56 Å². The van der Waals surface area contributed by atoms with Crippen molar-refractivity contribution >= 4 is 20.0 Å². The molecule has 1 aromatic rings. The SMILES string of the molecule is N#CCc1ccccc1.O=S(=O)(O)Cl. The number of nitrogens with zero attached hydrogens (tertiary/aromatic N) is 1. The molecule has 0 saturated carbocycles. The molecule has 1 rings (SSSR count). The van der Waals surface area contributed by atoms with Crippen LogP contribution in [-0.2, 0) is 15.8 Å². The van der Waals surface area contributed by atoms with Gasteiger partial charge < -0.3 is 0 Å². The lowest BCUT2D eigenvalue weighted by Crippen LogP contribution is -1.77. The molecular weight excluding hydrogens is 226 g/mol.